The molecule has 98 valence electrons. The number of rotatable bonds is 8. The van der Waals surface area contributed by atoms with E-state index in [0.717, 1.165) is 50.9 Å². The van der Waals surface area contributed by atoms with Crippen molar-refractivity contribution in [1.29, 1.82) is 0 Å². The summed E-state index contributed by atoms with van der Waals surface area (Å²) in [6.45, 7) is 15.2. The summed E-state index contributed by atoms with van der Waals surface area (Å²) >= 11 is 0. The Balaban J connectivity index is 2.52. The summed E-state index contributed by atoms with van der Waals surface area (Å²) in [5.74, 6) is 1.97. The van der Waals surface area contributed by atoms with Crippen LogP contribution in [0.3, 0.4) is 0 Å². The fraction of sp³-hybridized carbons (Fsp3) is 0.833. The van der Waals surface area contributed by atoms with Crippen LogP contribution in [0.1, 0.15) is 39.3 Å². The molecule has 0 saturated carbocycles. The second-order valence-electron chi connectivity index (χ2n) is 4.47. The second-order valence-corrected chi connectivity index (χ2v) is 4.47. The van der Waals surface area contributed by atoms with E-state index < -0.39 is 0 Å². The Kier molecular flexibility index (Phi) is 6.15. The molecule has 1 aromatic heterocycles. The lowest BCUT2D eigenvalue weighted by Crippen LogP contribution is -3.10. The number of hydrogen-bond donors (Lipinski definition) is 3. The fourth-order valence-electron chi connectivity index (χ4n) is 1.95. The number of hydrogen-bond acceptors (Lipinski definition) is 2. The molecule has 0 fully saturated rings. The van der Waals surface area contributed by atoms with Gasteiger partial charge in [-0.1, -0.05) is 0 Å². The van der Waals surface area contributed by atoms with Gasteiger partial charge in [0.05, 0.1) is 26.2 Å². The van der Waals surface area contributed by atoms with Gasteiger partial charge in [-0.25, -0.2) is 4.98 Å². The molecule has 17 heavy (non-hydrogen) atoms. The molecule has 1 heterocycles. The minimum absolute atomic E-state index is 0.928. The first kappa shape index (κ1) is 14.1. The van der Waals surface area contributed by atoms with Gasteiger partial charge in [0.1, 0.15) is 13.1 Å². The van der Waals surface area contributed by atoms with Crippen LogP contribution in [0.5, 0.6) is 0 Å². The normalized spacial score (nSPS) is 11.6. The van der Waals surface area contributed by atoms with E-state index in [2.05, 4.69) is 42.9 Å². The zero-order valence-corrected chi connectivity index (χ0v) is 11.6. The highest BCUT2D eigenvalue weighted by atomic mass is 15.3. The van der Waals surface area contributed by atoms with E-state index in [9.17, 15) is 0 Å². The summed E-state index contributed by atoms with van der Waals surface area (Å²) in [6, 6.07) is 0. The molecule has 0 aliphatic heterocycles. The van der Waals surface area contributed by atoms with E-state index in [4.69, 9.17) is 0 Å². The molecule has 0 aliphatic rings. The molecule has 0 atom stereocenters. The SMILES string of the molecule is CC[NH+](CC)Cc1n[nH]c(C[NH+](CC)CC)n1. The summed E-state index contributed by atoms with van der Waals surface area (Å²) in [5, 5.41) is 7.37. The average Bonchev–Trinajstić information content (AvgIpc) is 2.80. The van der Waals surface area contributed by atoms with Crippen molar-refractivity contribution in [3.8, 4) is 0 Å². The third kappa shape index (κ3) is 4.44. The lowest BCUT2D eigenvalue weighted by atomic mass is 10.4. The highest BCUT2D eigenvalue weighted by Crippen LogP contribution is 1.88. The molecular formula is C12H27N5+2. The van der Waals surface area contributed by atoms with Gasteiger partial charge in [-0.3, -0.25) is 5.10 Å². The monoisotopic (exact) mass is 241 g/mol. The van der Waals surface area contributed by atoms with E-state index in [-0.39, 0.29) is 0 Å². The third-order valence-corrected chi connectivity index (χ3v) is 3.40. The van der Waals surface area contributed by atoms with Gasteiger partial charge in [0.25, 0.3) is 0 Å². The van der Waals surface area contributed by atoms with E-state index in [1.54, 1.807) is 0 Å². The van der Waals surface area contributed by atoms with Gasteiger partial charge in [0, 0.05) is 0 Å². The van der Waals surface area contributed by atoms with E-state index in [1.807, 2.05) is 0 Å². The van der Waals surface area contributed by atoms with Gasteiger partial charge in [-0.2, -0.15) is 5.10 Å². The van der Waals surface area contributed by atoms with E-state index in [1.165, 1.54) is 9.80 Å². The van der Waals surface area contributed by atoms with Crippen LogP contribution >= 0.6 is 0 Å². The zero-order chi connectivity index (χ0) is 12.7. The summed E-state index contributed by atoms with van der Waals surface area (Å²) in [5.41, 5.74) is 0. The molecule has 0 bridgehead atoms. The molecule has 1 rings (SSSR count). The first-order valence-corrected chi connectivity index (χ1v) is 6.80. The molecule has 0 aromatic carbocycles. The smallest absolute Gasteiger partial charge is 0.205 e. The van der Waals surface area contributed by atoms with Gasteiger partial charge in [-0.15, -0.1) is 0 Å². The summed E-state index contributed by atoms with van der Waals surface area (Å²) < 4.78 is 0. The van der Waals surface area contributed by atoms with Crippen molar-refractivity contribution >= 4 is 0 Å². The summed E-state index contributed by atoms with van der Waals surface area (Å²) in [6.07, 6.45) is 0. The standard InChI is InChI=1S/C12H25N5/c1-5-16(6-2)9-11-13-12(15-14-11)10-17(7-3)8-4/h5-10H2,1-4H3,(H,13,14,15)/p+2. The molecule has 0 radical (unpaired) electrons. The zero-order valence-electron chi connectivity index (χ0n) is 11.6. The Morgan fingerprint density at radius 2 is 1.41 bits per heavy atom. The van der Waals surface area contributed by atoms with Crippen molar-refractivity contribution in [2.24, 2.45) is 0 Å². The van der Waals surface area contributed by atoms with Gasteiger partial charge in [0.2, 0.25) is 5.82 Å². The molecule has 0 amide bonds. The maximum absolute atomic E-state index is 4.57. The lowest BCUT2D eigenvalue weighted by molar-refractivity contribution is -0.911. The second kappa shape index (κ2) is 7.40. The van der Waals surface area contributed by atoms with Crippen molar-refractivity contribution < 1.29 is 9.80 Å². The largest absolute Gasteiger partial charge is 0.329 e. The van der Waals surface area contributed by atoms with Crippen LogP contribution in [0.2, 0.25) is 0 Å². The molecule has 1 aromatic rings. The van der Waals surface area contributed by atoms with Crippen molar-refractivity contribution in [2.75, 3.05) is 26.2 Å². The Morgan fingerprint density at radius 3 is 1.94 bits per heavy atom. The van der Waals surface area contributed by atoms with Crippen LogP contribution in [-0.2, 0) is 13.1 Å². The molecule has 0 aliphatic carbocycles. The predicted molar refractivity (Wildman–Crippen MR) is 67.9 cm³/mol. The average molecular weight is 241 g/mol. The van der Waals surface area contributed by atoms with Gasteiger partial charge in [-0.05, 0) is 27.7 Å². The van der Waals surface area contributed by atoms with Crippen LogP contribution in [-0.4, -0.2) is 41.4 Å². The predicted octanol–water partition coefficient (Wildman–Crippen LogP) is -1.35. The fourth-order valence-corrected chi connectivity index (χ4v) is 1.95. The molecule has 3 N–H and O–H groups in total. The summed E-state index contributed by atoms with van der Waals surface area (Å²) in [4.78, 5) is 7.62. The molecule has 5 heteroatoms. The lowest BCUT2D eigenvalue weighted by Gasteiger charge is -2.13. The number of aromatic amines is 1. The van der Waals surface area contributed by atoms with Crippen LogP contribution in [0.4, 0.5) is 0 Å². The number of quaternary nitrogens is 2. The van der Waals surface area contributed by atoms with E-state index >= 15 is 0 Å². The first-order valence-electron chi connectivity index (χ1n) is 6.80. The van der Waals surface area contributed by atoms with Crippen molar-refractivity contribution in [1.82, 2.24) is 15.2 Å². The quantitative estimate of drug-likeness (QED) is 0.527. The molecule has 0 unspecified atom stereocenters. The highest BCUT2D eigenvalue weighted by molar-refractivity contribution is 4.86. The van der Waals surface area contributed by atoms with Gasteiger partial charge in [0.15, 0.2) is 5.82 Å². The van der Waals surface area contributed by atoms with Crippen LogP contribution < -0.4 is 9.80 Å². The van der Waals surface area contributed by atoms with Gasteiger partial charge >= 0.3 is 0 Å². The number of aromatic nitrogens is 3. The Labute approximate surface area is 104 Å². The topological polar surface area (TPSA) is 50.5 Å². The molecule has 0 saturated heterocycles. The maximum Gasteiger partial charge on any atom is 0.205 e. The van der Waals surface area contributed by atoms with Gasteiger partial charge < -0.3 is 9.80 Å². The first-order chi connectivity index (χ1) is 8.23. The van der Waals surface area contributed by atoms with Crippen LogP contribution in [0.25, 0.3) is 0 Å². The Hall–Kier alpha value is -0.940. The van der Waals surface area contributed by atoms with E-state index in [0.29, 0.717) is 0 Å². The van der Waals surface area contributed by atoms with Crippen molar-refractivity contribution in [3.63, 3.8) is 0 Å². The number of nitrogens with zero attached hydrogens (tertiary/aromatic N) is 2. The van der Waals surface area contributed by atoms with Crippen molar-refractivity contribution in [3.05, 3.63) is 11.6 Å². The number of H-pyrrole nitrogens is 1. The molecular weight excluding hydrogens is 214 g/mol. The highest BCUT2D eigenvalue weighted by Gasteiger charge is 2.12. The third-order valence-electron chi connectivity index (χ3n) is 3.40. The van der Waals surface area contributed by atoms with Crippen LogP contribution in [0.15, 0.2) is 0 Å². The minimum atomic E-state index is 0.928. The number of nitrogens with one attached hydrogen (secondary N) is 3. The molecule has 5 nitrogen and oxygen atoms in total. The van der Waals surface area contributed by atoms with Crippen molar-refractivity contribution in [2.45, 2.75) is 40.8 Å². The van der Waals surface area contributed by atoms with Crippen LogP contribution in [0, 0.1) is 0 Å². The minimum Gasteiger partial charge on any atom is -0.329 e. The Bertz CT molecular complexity index is 273. The molecule has 0 spiro atoms. The summed E-state index contributed by atoms with van der Waals surface area (Å²) in [7, 11) is 0. The maximum atomic E-state index is 4.57. The Morgan fingerprint density at radius 1 is 0.882 bits per heavy atom.